The van der Waals surface area contributed by atoms with Gasteiger partial charge in [-0.3, -0.25) is 4.79 Å². The van der Waals surface area contributed by atoms with Crippen LogP contribution >= 0.6 is 23.4 Å². The summed E-state index contributed by atoms with van der Waals surface area (Å²) in [5, 5.41) is 12.2. The third kappa shape index (κ3) is 5.24. The summed E-state index contributed by atoms with van der Waals surface area (Å²) < 4.78 is 12.2. The van der Waals surface area contributed by atoms with E-state index in [4.69, 9.17) is 21.1 Å². The molecule has 0 aliphatic heterocycles. The first-order valence-electron chi connectivity index (χ1n) is 9.72. The zero-order valence-corrected chi connectivity index (χ0v) is 19.3. The lowest BCUT2D eigenvalue weighted by atomic mass is 10.2. The number of hydrogen-bond donors (Lipinski definition) is 1. The maximum atomic E-state index is 13.2. The fourth-order valence-electron chi connectivity index (χ4n) is 2.99. The number of rotatable bonds is 8. The Hall–Kier alpha value is -3.63. The van der Waals surface area contributed by atoms with Crippen molar-refractivity contribution in [3.8, 4) is 17.2 Å². The van der Waals surface area contributed by atoms with Gasteiger partial charge in [0.1, 0.15) is 11.5 Å². The standard InChI is InChI=1S/C22H19ClN6O3S/c1-31-16-7-5-15(6-8-16)29-18(13-33-22-24-10-3-11-25-22)20(27-28-29)21(30)26-17-12-14(23)4-9-19(17)32-2/h3-12H,13H2,1-2H3,(H,26,30). The highest BCUT2D eigenvalue weighted by Crippen LogP contribution is 2.29. The van der Waals surface area contributed by atoms with Crippen molar-refractivity contribution in [3.05, 3.63) is 77.3 Å². The first kappa shape index (κ1) is 22.6. The van der Waals surface area contributed by atoms with Crippen LogP contribution in [0.1, 0.15) is 16.2 Å². The van der Waals surface area contributed by atoms with E-state index in [1.165, 1.54) is 18.9 Å². The molecule has 0 radical (unpaired) electrons. The monoisotopic (exact) mass is 482 g/mol. The average Bonchev–Trinajstić information content (AvgIpc) is 3.27. The Balaban J connectivity index is 1.68. The van der Waals surface area contributed by atoms with E-state index in [1.807, 2.05) is 24.3 Å². The van der Waals surface area contributed by atoms with Crippen molar-refractivity contribution in [3.63, 3.8) is 0 Å². The highest BCUT2D eigenvalue weighted by atomic mass is 35.5. The number of amides is 1. The van der Waals surface area contributed by atoms with Gasteiger partial charge in [0.2, 0.25) is 0 Å². The number of hydrogen-bond acceptors (Lipinski definition) is 8. The maximum absolute atomic E-state index is 13.2. The zero-order chi connectivity index (χ0) is 23.2. The number of nitrogens with one attached hydrogen (secondary N) is 1. The summed E-state index contributed by atoms with van der Waals surface area (Å²) >= 11 is 7.46. The fourth-order valence-corrected chi connectivity index (χ4v) is 3.96. The minimum absolute atomic E-state index is 0.163. The molecule has 168 valence electrons. The van der Waals surface area contributed by atoms with E-state index in [0.717, 1.165) is 5.69 Å². The van der Waals surface area contributed by atoms with Gasteiger partial charge in [-0.05, 0) is 48.5 Å². The van der Waals surface area contributed by atoms with Crippen molar-refractivity contribution in [2.24, 2.45) is 0 Å². The second kappa shape index (κ2) is 10.3. The molecular formula is C22H19ClN6O3S. The molecule has 0 aliphatic rings. The van der Waals surface area contributed by atoms with Crippen LogP contribution in [0.2, 0.25) is 5.02 Å². The molecule has 0 atom stereocenters. The molecule has 11 heteroatoms. The third-order valence-electron chi connectivity index (χ3n) is 4.59. The van der Waals surface area contributed by atoms with Crippen molar-refractivity contribution >= 4 is 35.0 Å². The molecule has 0 saturated carbocycles. The Morgan fingerprint density at radius 2 is 1.85 bits per heavy atom. The molecule has 4 aromatic rings. The Kier molecular flexibility index (Phi) is 7.06. The minimum atomic E-state index is -0.445. The molecule has 2 aromatic carbocycles. The van der Waals surface area contributed by atoms with Crippen LogP contribution < -0.4 is 14.8 Å². The van der Waals surface area contributed by atoms with E-state index in [1.54, 1.807) is 48.5 Å². The van der Waals surface area contributed by atoms with Crippen LogP contribution in [-0.2, 0) is 5.75 Å². The molecule has 4 rings (SSSR count). The molecule has 0 unspecified atom stereocenters. The number of carbonyl (C=O) groups is 1. The number of methoxy groups -OCH3 is 2. The van der Waals surface area contributed by atoms with Crippen molar-refractivity contribution < 1.29 is 14.3 Å². The largest absolute Gasteiger partial charge is 0.497 e. The Morgan fingerprint density at radius 1 is 1.09 bits per heavy atom. The van der Waals surface area contributed by atoms with E-state index >= 15 is 0 Å². The summed E-state index contributed by atoms with van der Waals surface area (Å²) in [7, 11) is 3.11. The van der Waals surface area contributed by atoms with Crippen LogP contribution in [-0.4, -0.2) is 45.1 Å². The number of thioether (sulfide) groups is 1. The number of nitrogens with zero attached hydrogens (tertiary/aromatic N) is 5. The van der Waals surface area contributed by atoms with Gasteiger partial charge < -0.3 is 14.8 Å². The Morgan fingerprint density at radius 3 is 2.55 bits per heavy atom. The summed E-state index contributed by atoms with van der Waals surface area (Å²) in [4.78, 5) is 21.6. The summed E-state index contributed by atoms with van der Waals surface area (Å²) in [6, 6.07) is 14.0. The maximum Gasteiger partial charge on any atom is 0.278 e. The number of carbonyl (C=O) groups excluding carboxylic acids is 1. The van der Waals surface area contributed by atoms with Gasteiger partial charge in [-0.1, -0.05) is 28.6 Å². The van der Waals surface area contributed by atoms with E-state index in [0.29, 0.717) is 38.8 Å². The van der Waals surface area contributed by atoms with Crippen molar-refractivity contribution in [2.45, 2.75) is 10.9 Å². The van der Waals surface area contributed by atoms with Gasteiger partial charge in [0.15, 0.2) is 10.9 Å². The third-order valence-corrected chi connectivity index (χ3v) is 5.71. The number of ether oxygens (including phenoxy) is 2. The molecule has 2 aromatic heterocycles. The minimum Gasteiger partial charge on any atom is -0.497 e. The average molecular weight is 483 g/mol. The highest BCUT2D eigenvalue weighted by Gasteiger charge is 2.22. The fraction of sp³-hybridized carbons (Fsp3) is 0.136. The predicted octanol–water partition coefficient (Wildman–Crippen LogP) is 4.27. The van der Waals surface area contributed by atoms with Crippen LogP contribution in [0.5, 0.6) is 11.5 Å². The summed E-state index contributed by atoms with van der Waals surface area (Å²) in [6.07, 6.45) is 3.32. The number of halogens is 1. The van der Waals surface area contributed by atoms with E-state index < -0.39 is 5.91 Å². The van der Waals surface area contributed by atoms with Crippen LogP contribution in [0.25, 0.3) is 5.69 Å². The summed E-state index contributed by atoms with van der Waals surface area (Å²) in [6.45, 7) is 0. The van der Waals surface area contributed by atoms with Gasteiger partial charge >= 0.3 is 0 Å². The molecular weight excluding hydrogens is 464 g/mol. The molecule has 0 fully saturated rings. The van der Waals surface area contributed by atoms with Crippen LogP contribution in [0.4, 0.5) is 5.69 Å². The van der Waals surface area contributed by atoms with Gasteiger partial charge in [0, 0.05) is 23.2 Å². The normalized spacial score (nSPS) is 10.6. The van der Waals surface area contributed by atoms with Crippen molar-refractivity contribution in [1.82, 2.24) is 25.0 Å². The van der Waals surface area contributed by atoms with Crippen LogP contribution in [0.3, 0.4) is 0 Å². The Labute approximate surface area is 199 Å². The molecule has 1 amide bonds. The van der Waals surface area contributed by atoms with E-state index in [2.05, 4.69) is 25.6 Å². The van der Waals surface area contributed by atoms with E-state index in [-0.39, 0.29) is 5.69 Å². The quantitative estimate of drug-likeness (QED) is 0.293. The van der Waals surface area contributed by atoms with Crippen molar-refractivity contribution in [2.75, 3.05) is 19.5 Å². The lowest BCUT2D eigenvalue weighted by Gasteiger charge is -2.11. The summed E-state index contributed by atoms with van der Waals surface area (Å²) in [5.74, 6) is 1.10. The molecule has 0 saturated heterocycles. The number of benzene rings is 2. The molecule has 0 aliphatic carbocycles. The topological polar surface area (TPSA) is 104 Å². The molecule has 33 heavy (non-hydrogen) atoms. The lowest BCUT2D eigenvalue weighted by Crippen LogP contribution is -2.16. The summed E-state index contributed by atoms with van der Waals surface area (Å²) in [5.41, 5.74) is 1.90. The second-order valence-corrected chi connectivity index (χ2v) is 7.99. The van der Waals surface area contributed by atoms with Gasteiger partial charge in [0.05, 0.1) is 31.3 Å². The van der Waals surface area contributed by atoms with E-state index in [9.17, 15) is 4.79 Å². The zero-order valence-electron chi connectivity index (χ0n) is 17.7. The predicted molar refractivity (Wildman–Crippen MR) is 125 cm³/mol. The lowest BCUT2D eigenvalue weighted by molar-refractivity contribution is 0.102. The molecule has 1 N–H and O–H groups in total. The first-order valence-corrected chi connectivity index (χ1v) is 11.1. The van der Waals surface area contributed by atoms with Gasteiger partial charge in [-0.25, -0.2) is 14.6 Å². The van der Waals surface area contributed by atoms with Crippen LogP contribution in [0.15, 0.2) is 66.1 Å². The van der Waals surface area contributed by atoms with Crippen molar-refractivity contribution in [1.29, 1.82) is 0 Å². The Bertz CT molecular complexity index is 1250. The van der Waals surface area contributed by atoms with Gasteiger partial charge in [0.25, 0.3) is 5.91 Å². The van der Waals surface area contributed by atoms with Crippen LogP contribution in [0, 0.1) is 0 Å². The first-order chi connectivity index (χ1) is 16.1. The highest BCUT2D eigenvalue weighted by molar-refractivity contribution is 7.98. The molecule has 0 spiro atoms. The number of aromatic nitrogens is 5. The number of anilines is 1. The van der Waals surface area contributed by atoms with Gasteiger partial charge in [-0.15, -0.1) is 5.10 Å². The molecule has 0 bridgehead atoms. The van der Waals surface area contributed by atoms with Gasteiger partial charge in [-0.2, -0.15) is 0 Å². The smallest absolute Gasteiger partial charge is 0.278 e. The molecule has 2 heterocycles. The SMILES string of the molecule is COc1ccc(-n2nnc(C(=O)Nc3cc(Cl)ccc3OC)c2CSc2ncccn2)cc1. The second-order valence-electron chi connectivity index (χ2n) is 6.61. The molecule has 9 nitrogen and oxygen atoms in total.